The first-order chi connectivity index (χ1) is 16.8. The maximum absolute atomic E-state index is 14.1. The number of rotatable bonds is 5. The summed E-state index contributed by atoms with van der Waals surface area (Å²) in [5.41, 5.74) is 1.92. The Hall–Kier alpha value is -3.02. The van der Waals surface area contributed by atoms with Crippen molar-refractivity contribution in [2.45, 2.75) is 57.0 Å². The van der Waals surface area contributed by atoms with Crippen molar-refractivity contribution in [3.05, 3.63) is 48.3 Å². The van der Waals surface area contributed by atoms with E-state index in [1.807, 2.05) is 12.1 Å². The Morgan fingerprint density at radius 3 is 2.66 bits per heavy atom. The maximum atomic E-state index is 14.1. The number of carbonyl (C=O) groups excluding carboxylic acids is 1. The van der Waals surface area contributed by atoms with Gasteiger partial charge in [-0.3, -0.25) is 9.69 Å². The smallest absolute Gasteiger partial charge is 0.260 e. The molecule has 1 spiro atoms. The SMILES string of the molecule is CCC1CCC12C(=O)N(c1cccnc1C#N)C(=S)N2c1cccc(NC2(C)CCN(C)CC2)c1. The molecule has 2 atom stereocenters. The summed E-state index contributed by atoms with van der Waals surface area (Å²) in [6.07, 6.45) is 6.32. The quantitative estimate of drug-likeness (QED) is 0.619. The molecule has 35 heavy (non-hydrogen) atoms. The van der Waals surface area contributed by atoms with Crippen molar-refractivity contribution in [2.24, 2.45) is 5.92 Å². The van der Waals surface area contributed by atoms with Crippen molar-refractivity contribution in [1.29, 1.82) is 5.26 Å². The molecule has 3 fully saturated rings. The molecule has 2 unspecified atom stereocenters. The van der Waals surface area contributed by atoms with E-state index in [0.717, 1.165) is 56.6 Å². The third-order valence-electron chi connectivity index (χ3n) is 8.17. The van der Waals surface area contributed by atoms with Crippen LogP contribution in [0.3, 0.4) is 0 Å². The standard InChI is InChI=1S/C27H32N6OS/c1-4-19-10-11-27(19)24(34)32(23-9-6-14-29-22(23)18-28)25(35)33(27)21-8-5-7-20(17-21)30-26(2)12-15-31(3)16-13-26/h5-9,14,17,19,30H,4,10-13,15-16H2,1-3H3. The lowest BCUT2D eigenvalue weighted by molar-refractivity contribution is -0.127. The van der Waals surface area contributed by atoms with E-state index in [1.165, 1.54) is 0 Å². The van der Waals surface area contributed by atoms with Crippen molar-refractivity contribution < 1.29 is 4.79 Å². The molecule has 1 aromatic carbocycles. The highest BCUT2D eigenvalue weighted by Crippen LogP contribution is 2.53. The minimum atomic E-state index is -0.718. The minimum Gasteiger partial charge on any atom is -0.380 e. The van der Waals surface area contributed by atoms with Gasteiger partial charge in [0.2, 0.25) is 0 Å². The monoisotopic (exact) mass is 488 g/mol. The lowest BCUT2D eigenvalue weighted by Gasteiger charge is -2.50. The van der Waals surface area contributed by atoms with Crippen LogP contribution < -0.4 is 15.1 Å². The van der Waals surface area contributed by atoms with E-state index in [9.17, 15) is 10.1 Å². The number of aromatic nitrogens is 1. The van der Waals surface area contributed by atoms with Crippen LogP contribution in [0.4, 0.5) is 17.1 Å². The molecule has 1 aromatic heterocycles. The molecule has 8 heteroatoms. The molecule has 3 aliphatic rings. The number of carbonyl (C=O) groups is 1. The number of thiocarbonyl (C=S) groups is 1. The Labute approximate surface area is 212 Å². The van der Waals surface area contributed by atoms with Crippen molar-refractivity contribution in [3.63, 3.8) is 0 Å². The highest BCUT2D eigenvalue weighted by molar-refractivity contribution is 7.81. The van der Waals surface area contributed by atoms with Gasteiger partial charge in [-0.25, -0.2) is 4.98 Å². The fraction of sp³-hybridized carbons (Fsp3) is 0.481. The lowest BCUT2D eigenvalue weighted by Crippen LogP contribution is -2.61. The predicted molar refractivity (Wildman–Crippen MR) is 142 cm³/mol. The number of piperidine rings is 1. The molecule has 0 radical (unpaired) electrons. The second-order valence-corrected chi connectivity index (χ2v) is 10.7. The largest absolute Gasteiger partial charge is 0.380 e. The molecule has 2 aliphatic heterocycles. The van der Waals surface area contributed by atoms with Gasteiger partial charge in [0, 0.05) is 36.2 Å². The van der Waals surface area contributed by atoms with Crippen molar-refractivity contribution in [1.82, 2.24) is 9.88 Å². The van der Waals surface area contributed by atoms with Crippen LogP contribution in [-0.4, -0.2) is 52.1 Å². The Morgan fingerprint density at radius 2 is 2.00 bits per heavy atom. The molecule has 5 rings (SSSR count). The Bertz CT molecular complexity index is 1200. The molecule has 182 valence electrons. The van der Waals surface area contributed by atoms with Crippen molar-refractivity contribution >= 4 is 40.3 Å². The summed E-state index contributed by atoms with van der Waals surface area (Å²) < 4.78 is 0. The van der Waals surface area contributed by atoms with E-state index in [2.05, 4.69) is 59.2 Å². The van der Waals surface area contributed by atoms with Gasteiger partial charge in [0.1, 0.15) is 11.6 Å². The number of nitrogens with zero attached hydrogens (tertiary/aromatic N) is 5. The number of pyridine rings is 1. The van der Waals surface area contributed by atoms with Gasteiger partial charge < -0.3 is 15.1 Å². The maximum Gasteiger partial charge on any atom is 0.260 e. The molecule has 1 aliphatic carbocycles. The van der Waals surface area contributed by atoms with Crippen LogP contribution in [0.2, 0.25) is 0 Å². The summed E-state index contributed by atoms with van der Waals surface area (Å²) >= 11 is 5.97. The third kappa shape index (κ3) is 3.78. The van der Waals surface area contributed by atoms with E-state index in [-0.39, 0.29) is 23.1 Å². The Balaban J connectivity index is 1.53. The average molecular weight is 489 g/mol. The van der Waals surface area contributed by atoms with Gasteiger partial charge in [-0.15, -0.1) is 0 Å². The number of nitrogens with one attached hydrogen (secondary N) is 1. The van der Waals surface area contributed by atoms with Gasteiger partial charge in [-0.1, -0.05) is 19.4 Å². The fourth-order valence-electron chi connectivity index (χ4n) is 5.91. The summed E-state index contributed by atoms with van der Waals surface area (Å²) in [5, 5.41) is 13.8. The zero-order valence-corrected chi connectivity index (χ0v) is 21.4. The summed E-state index contributed by atoms with van der Waals surface area (Å²) in [6, 6.07) is 13.9. The van der Waals surface area contributed by atoms with E-state index < -0.39 is 5.54 Å². The summed E-state index contributed by atoms with van der Waals surface area (Å²) in [5.74, 6) is 0.147. The lowest BCUT2D eigenvalue weighted by atomic mass is 9.64. The number of hydrogen-bond acceptors (Lipinski definition) is 6. The van der Waals surface area contributed by atoms with E-state index >= 15 is 0 Å². The average Bonchev–Trinajstić information content (AvgIpc) is 3.08. The summed E-state index contributed by atoms with van der Waals surface area (Å²) in [6.45, 7) is 6.55. The van der Waals surface area contributed by atoms with Crippen molar-refractivity contribution in [2.75, 3.05) is 35.3 Å². The molecular weight excluding hydrogens is 456 g/mol. The topological polar surface area (TPSA) is 75.5 Å². The zero-order chi connectivity index (χ0) is 24.8. The molecule has 2 saturated heterocycles. The molecule has 7 nitrogen and oxygen atoms in total. The molecular formula is C27H32N6OS. The van der Waals surface area contributed by atoms with Crippen molar-refractivity contribution in [3.8, 4) is 6.07 Å². The second-order valence-electron chi connectivity index (χ2n) is 10.3. The molecule has 0 bridgehead atoms. The first-order valence-electron chi connectivity index (χ1n) is 12.4. The molecule has 1 saturated carbocycles. The first-order valence-corrected chi connectivity index (χ1v) is 12.8. The van der Waals surface area contributed by atoms with Gasteiger partial charge in [0.05, 0.1) is 5.69 Å². The van der Waals surface area contributed by atoms with Crippen LogP contribution in [0.15, 0.2) is 42.6 Å². The van der Waals surface area contributed by atoms with Gasteiger partial charge in [-0.2, -0.15) is 5.26 Å². The van der Waals surface area contributed by atoms with Crippen LogP contribution in [-0.2, 0) is 4.79 Å². The van der Waals surface area contributed by atoms with E-state index in [0.29, 0.717) is 10.8 Å². The molecule has 2 aromatic rings. The summed E-state index contributed by atoms with van der Waals surface area (Å²) in [7, 11) is 2.17. The molecule has 1 amide bonds. The molecule has 1 N–H and O–H groups in total. The van der Waals surface area contributed by atoms with Crippen LogP contribution in [0.25, 0.3) is 0 Å². The number of nitriles is 1. The minimum absolute atomic E-state index is 0.0238. The van der Waals surface area contributed by atoms with E-state index in [1.54, 1.807) is 23.2 Å². The summed E-state index contributed by atoms with van der Waals surface area (Å²) in [4.78, 5) is 24.2. The second kappa shape index (κ2) is 8.89. The highest BCUT2D eigenvalue weighted by Gasteiger charge is 2.64. The van der Waals surface area contributed by atoms with Gasteiger partial charge in [0.25, 0.3) is 5.91 Å². The fourth-order valence-corrected chi connectivity index (χ4v) is 6.36. The number of anilines is 3. The van der Waals surface area contributed by atoms with Crippen LogP contribution in [0, 0.1) is 17.2 Å². The number of likely N-dealkylation sites (tertiary alicyclic amines) is 1. The van der Waals surface area contributed by atoms with Crippen LogP contribution in [0.1, 0.15) is 51.6 Å². The zero-order valence-electron chi connectivity index (χ0n) is 20.6. The third-order valence-corrected chi connectivity index (χ3v) is 8.54. The Morgan fingerprint density at radius 1 is 1.23 bits per heavy atom. The Kier molecular flexibility index (Phi) is 6.02. The molecule has 3 heterocycles. The van der Waals surface area contributed by atoms with Crippen LogP contribution >= 0.6 is 12.2 Å². The highest BCUT2D eigenvalue weighted by atomic mass is 32.1. The number of amides is 1. The van der Waals surface area contributed by atoms with E-state index in [4.69, 9.17) is 12.2 Å². The van der Waals surface area contributed by atoms with Crippen LogP contribution in [0.5, 0.6) is 0 Å². The first kappa shape index (κ1) is 23.7. The van der Waals surface area contributed by atoms with Gasteiger partial charge in [0.15, 0.2) is 10.8 Å². The van der Waals surface area contributed by atoms with Gasteiger partial charge >= 0.3 is 0 Å². The number of benzene rings is 1. The normalized spacial score (nSPS) is 26.1. The predicted octanol–water partition coefficient (Wildman–Crippen LogP) is 4.55. The number of hydrogen-bond donors (Lipinski definition) is 1. The van der Waals surface area contributed by atoms with Gasteiger partial charge in [-0.05, 0) is 88.1 Å².